The summed E-state index contributed by atoms with van der Waals surface area (Å²) >= 11 is 0. The Morgan fingerprint density at radius 3 is 2.53 bits per heavy atom. The molecule has 0 aliphatic carbocycles. The first-order valence-corrected chi connectivity index (χ1v) is 11.5. The summed E-state index contributed by atoms with van der Waals surface area (Å²) < 4.78 is 30.8. The quantitative estimate of drug-likeness (QED) is 0.736. The number of ether oxygens (including phenoxy) is 1. The molecule has 2 atom stereocenters. The Morgan fingerprint density at radius 1 is 1.17 bits per heavy atom. The van der Waals surface area contributed by atoms with E-state index < -0.39 is 28.0 Å². The molecular weight excluding hydrogens is 404 g/mol. The number of rotatable bonds is 5. The molecule has 0 saturated heterocycles. The Hall–Kier alpha value is -2.87. The SMILES string of the molecule is Cc1ccc(C)c(NC(=O)C(C)OC(=O)c2ccc3c(c2)CC(C)N3S(C)(=O)=O)c1. The lowest BCUT2D eigenvalue weighted by Gasteiger charge is -2.22. The van der Waals surface area contributed by atoms with Crippen LogP contribution in [0.2, 0.25) is 0 Å². The summed E-state index contributed by atoms with van der Waals surface area (Å²) in [6, 6.07) is 10.3. The maximum absolute atomic E-state index is 12.6. The van der Waals surface area contributed by atoms with Crippen LogP contribution in [-0.4, -0.2) is 38.7 Å². The summed E-state index contributed by atoms with van der Waals surface area (Å²) in [5.41, 5.74) is 4.21. The van der Waals surface area contributed by atoms with Gasteiger partial charge in [-0.25, -0.2) is 13.2 Å². The largest absolute Gasteiger partial charge is 0.449 e. The topological polar surface area (TPSA) is 92.8 Å². The molecule has 1 aliphatic rings. The number of sulfonamides is 1. The maximum atomic E-state index is 12.6. The van der Waals surface area contributed by atoms with E-state index in [1.165, 1.54) is 17.3 Å². The van der Waals surface area contributed by atoms with Crippen molar-refractivity contribution < 1.29 is 22.7 Å². The highest BCUT2D eigenvalue weighted by atomic mass is 32.2. The molecule has 0 spiro atoms. The van der Waals surface area contributed by atoms with Crippen LogP contribution in [0.3, 0.4) is 0 Å². The number of esters is 1. The summed E-state index contributed by atoms with van der Waals surface area (Å²) in [5.74, 6) is -1.05. The minimum atomic E-state index is -3.40. The predicted molar refractivity (Wildman–Crippen MR) is 116 cm³/mol. The molecule has 0 aromatic heterocycles. The third-order valence-corrected chi connectivity index (χ3v) is 6.40. The fourth-order valence-electron chi connectivity index (χ4n) is 3.62. The van der Waals surface area contributed by atoms with Crippen molar-refractivity contribution in [3.63, 3.8) is 0 Å². The molecule has 1 N–H and O–H groups in total. The van der Waals surface area contributed by atoms with Gasteiger partial charge in [-0.3, -0.25) is 9.10 Å². The van der Waals surface area contributed by atoms with Crippen LogP contribution >= 0.6 is 0 Å². The third kappa shape index (κ3) is 4.48. The van der Waals surface area contributed by atoms with Gasteiger partial charge in [-0.15, -0.1) is 0 Å². The average molecular weight is 431 g/mol. The molecule has 8 heteroatoms. The van der Waals surface area contributed by atoms with Gasteiger partial charge in [-0.2, -0.15) is 0 Å². The van der Waals surface area contributed by atoms with Gasteiger partial charge in [0.15, 0.2) is 6.10 Å². The number of anilines is 2. The lowest BCUT2D eigenvalue weighted by atomic mass is 10.1. The zero-order valence-corrected chi connectivity index (χ0v) is 18.5. The number of nitrogens with one attached hydrogen (secondary N) is 1. The van der Waals surface area contributed by atoms with E-state index in [0.717, 1.165) is 22.9 Å². The smallest absolute Gasteiger partial charge is 0.338 e. The first kappa shape index (κ1) is 21.8. The second kappa shape index (κ2) is 8.10. The number of nitrogens with zero attached hydrogens (tertiary/aromatic N) is 1. The molecule has 0 saturated carbocycles. The number of fused-ring (bicyclic) bond motifs is 1. The summed E-state index contributed by atoms with van der Waals surface area (Å²) in [4.78, 5) is 25.0. The Labute approximate surface area is 177 Å². The van der Waals surface area contributed by atoms with Crippen molar-refractivity contribution in [2.24, 2.45) is 0 Å². The monoisotopic (exact) mass is 430 g/mol. The van der Waals surface area contributed by atoms with E-state index >= 15 is 0 Å². The molecule has 2 unspecified atom stereocenters. The Kier molecular flexibility index (Phi) is 5.90. The first-order chi connectivity index (χ1) is 14.0. The van der Waals surface area contributed by atoms with Crippen molar-refractivity contribution in [2.75, 3.05) is 15.9 Å². The molecule has 0 fully saturated rings. The van der Waals surface area contributed by atoms with Crippen LogP contribution in [0.4, 0.5) is 11.4 Å². The Morgan fingerprint density at radius 2 is 1.87 bits per heavy atom. The Bertz CT molecular complexity index is 1110. The standard InChI is InChI=1S/C22H26N2O5S/c1-13-6-7-14(2)19(10-13)23-21(25)16(4)29-22(26)17-8-9-20-18(12-17)11-15(3)24(20)30(5,27)28/h6-10,12,15-16H,11H2,1-5H3,(H,23,25). The summed E-state index contributed by atoms with van der Waals surface area (Å²) in [5, 5.41) is 2.79. The van der Waals surface area contributed by atoms with Gasteiger partial charge in [0.1, 0.15) is 0 Å². The molecule has 0 radical (unpaired) electrons. The first-order valence-electron chi connectivity index (χ1n) is 9.69. The molecule has 160 valence electrons. The molecule has 0 bridgehead atoms. The van der Waals surface area contributed by atoms with Gasteiger partial charge in [0.25, 0.3) is 5.91 Å². The molecule has 1 amide bonds. The van der Waals surface area contributed by atoms with E-state index in [-0.39, 0.29) is 11.6 Å². The molecule has 1 aliphatic heterocycles. The molecule has 2 aromatic carbocycles. The van der Waals surface area contributed by atoms with Gasteiger partial charge in [-0.1, -0.05) is 12.1 Å². The normalized spacial score (nSPS) is 16.7. The second-order valence-electron chi connectivity index (χ2n) is 7.81. The van der Waals surface area contributed by atoms with Gasteiger partial charge < -0.3 is 10.1 Å². The molecule has 1 heterocycles. The number of hydrogen-bond acceptors (Lipinski definition) is 5. The zero-order valence-electron chi connectivity index (χ0n) is 17.7. The number of benzene rings is 2. The molecular formula is C22H26N2O5S. The van der Waals surface area contributed by atoms with Crippen LogP contribution in [0, 0.1) is 13.8 Å². The van der Waals surface area contributed by atoms with Crippen molar-refractivity contribution in [1.82, 2.24) is 0 Å². The van der Waals surface area contributed by atoms with Gasteiger partial charge in [0, 0.05) is 11.7 Å². The summed E-state index contributed by atoms with van der Waals surface area (Å²) in [6.07, 6.45) is 0.681. The minimum Gasteiger partial charge on any atom is -0.449 e. The summed E-state index contributed by atoms with van der Waals surface area (Å²) in [7, 11) is -3.40. The average Bonchev–Trinajstić information content (AvgIpc) is 2.99. The van der Waals surface area contributed by atoms with E-state index in [1.807, 2.05) is 39.0 Å². The number of aryl methyl sites for hydroxylation is 2. The minimum absolute atomic E-state index is 0.219. The van der Waals surface area contributed by atoms with Crippen molar-refractivity contribution in [2.45, 2.75) is 46.3 Å². The van der Waals surface area contributed by atoms with Crippen LogP contribution in [0.5, 0.6) is 0 Å². The van der Waals surface area contributed by atoms with E-state index in [1.54, 1.807) is 12.1 Å². The maximum Gasteiger partial charge on any atom is 0.338 e. The molecule has 2 aromatic rings. The van der Waals surface area contributed by atoms with Gasteiger partial charge >= 0.3 is 5.97 Å². The van der Waals surface area contributed by atoms with Crippen LogP contribution in [-0.2, 0) is 26.0 Å². The fourth-order valence-corrected chi connectivity index (χ4v) is 4.89. The highest BCUT2D eigenvalue weighted by Gasteiger charge is 2.33. The van der Waals surface area contributed by atoms with Crippen LogP contribution in [0.25, 0.3) is 0 Å². The Balaban J connectivity index is 1.71. The van der Waals surface area contributed by atoms with Crippen LogP contribution < -0.4 is 9.62 Å². The van der Waals surface area contributed by atoms with E-state index in [0.29, 0.717) is 17.8 Å². The molecule has 30 heavy (non-hydrogen) atoms. The summed E-state index contributed by atoms with van der Waals surface area (Å²) in [6.45, 7) is 7.15. The fraction of sp³-hybridized carbons (Fsp3) is 0.364. The van der Waals surface area contributed by atoms with Crippen LogP contribution in [0.1, 0.15) is 40.9 Å². The highest BCUT2D eigenvalue weighted by molar-refractivity contribution is 7.92. The molecule has 7 nitrogen and oxygen atoms in total. The number of carbonyl (C=O) groups excluding carboxylic acids is 2. The van der Waals surface area contributed by atoms with Crippen molar-refractivity contribution >= 4 is 33.3 Å². The van der Waals surface area contributed by atoms with Gasteiger partial charge in [0.05, 0.1) is 17.5 Å². The lowest BCUT2D eigenvalue weighted by Crippen LogP contribution is -2.34. The lowest BCUT2D eigenvalue weighted by molar-refractivity contribution is -0.123. The number of hydrogen-bond donors (Lipinski definition) is 1. The van der Waals surface area contributed by atoms with Gasteiger partial charge in [-0.05, 0) is 75.1 Å². The van der Waals surface area contributed by atoms with E-state index in [2.05, 4.69) is 5.32 Å². The predicted octanol–water partition coefficient (Wildman–Crippen LogP) is 3.20. The molecule has 3 rings (SSSR count). The van der Waals surface area contributed by atoms with E-state index in [4.69, 9.17) is 4.74 Å². The third-order valence-electron chi connectivity index (χ3n) is 5.13. The van der Waals surface area contributed by atoms with Crippen molar-refractivity contribution in [3.8, 4) is 0 Å². The van der Waals surface area contributed by atoms with Crippen molar-refractivity contribution in [1.29, 1.82) is 0 Å². The van der Waals surface area contributed by atoms with E-state index in [9.17, 15) is 18.0 Å². The highest BCUT2D eigenvalue weighted by Crippen LogP contribution is 2.34. The van der Waals surface area contributed by atoms with Gasteiger partial charge in [0.2, 0.25) is 10.0 Å². The van der Waals surface area contributed by atoms with Crippen LogP contribution in [0.15, 0.2) is 36.4 Å². The number of amides is 1. The van der Waals surface area contributed by atoms with Crippen molar-refractivity contribution in [3.05, 3.63) is 58.7 Å². The zero-order chi connectivity index (χ0) is 22.2. The second-order valence-corrected chi connectivity index (χ2v) is 9.67. The number of carbonyl (C=O) groups is 2.